The molecule has 126 valence electrons. The molecule has 1 amide bonds. The van der Waals surface area contributed by atoms with Gasteiger partial charge >= 0.3 is 0 Å². The van der Waals surface area contributed by atoms with Gasteiger partial charge in [-0.15, -0.1) is 0 Å². The van der Waals surface area contributed by atoms with Crippen molar-refractivity contribution in [3.05, 3.63) is 82.9 Å². The van der Waals surface area contributed by atoms with Crippen molar-refractivity contribution in [3.8, 4) is 0 Å². The van der Waals surface area contributed by atoms with Crippen molar-refractivity contribution in [2.24, 2.45) is 0 Å². The van der Waals surface area contributed by atoms with E-state index in [-0.39, 0.29) is 5.91 Å². The van der Waals surface area contributed by atoms with Gasteiger partial charge in [0, 0.05) is 16.9 Å². The maximum Gasteiger partial charge on any atom is 0.270 e. The lowest BCUT2D eigenvalue weighted by atomic mass is 10.2. The van der Waals surface area contributed by atoms with Crippen LogP contribution < -0.4 is 10.6 Å². The molecule has 2 aromatic heterocycles. The third kappa shape index (κ3) is 4.33. The zero-order valence-electron chi connectivity index (χ0n) is 13.7. The van der Waals surface area contributed by atoms with Crippen LogP contribution in [0.1, 0.15) is 21.7 Å². The molecule has 0 saturated heterocycles. The summed E-state index contributed by atoms with van der Waals surface area (Å²) in [6.07, 6.45) is 3.31. The first-order valence-corrected chi connectivity index (χ1v) is 8.17. The summed E-state index contributed by atoms with van der Waals surface area (Å²) in [6, 6.07) is 14.7. The van der Waals surface area contributed by atoms with Gasteiger partial charge in [0.15, 0.2) is 0 Å². The molecule has 0 aliphatic rings. The summed E-state index contributed by atoms with van der Waals surface area (Å²) in [5.41, 5.74) is 3.80. The summed E-state index contributed by atoms with van der Waals surface area (Å²) in [6.45, 7) is 2.31. The van der Waals surface area contributed by atoms with Crippen LogP contribution in [0, 0.1) is 6.92 Å². The molecule has 25 heavy (non-hydrogen) atoms. The number of benzene rings is 1. The molecule has 1 aromatic carbocycles. The molecule has 2 N–H and O–H groups in total. The summed E-state index contributed by atoms with van der Waals surface area (Å²) in [7, 11) is 0. The number of anilines is 2. The lowest BCUT2D eigenvalue weighted by molar-refractivity contribution is 0.0945. The molecule has 2 heterocycles. The monoisotopic (exact) mass is 352 g/mol. The second kappa shape index (κ2) is 7.77. The Morgan fingerprint density at radius 1 is 1.08 bits per heavy atom. The van der Waals surface area contributed by atoms with E-state index in [4.69, 9.17) is 11.6 Å². The lowest BCUT2D eigenvalue weighted by Crippen LogP contribution is -2.24. The maximum absolute atomic E-state index is 12.1. The number of amides is 1. The van der Waals surface area contributed by atoms with Gasteiger partial charge < -0.3 is 10.6 Å². The number of aromatic nitrogens is 2. The van der Waals surface area contributed by atoms with Gasteiger partial charge in [0.1, 0.15) is 5.69 Å². The lowest BCUT2D eigenvalue weighted by Gasteiger charge is -2.11. The minimum atomic E-state index is -0.240. The van der Waals surface area contributed by atoms with Crippen LogP contribution in [0.2, 0.25) is 5.02 Å². The van der Waals surface area contributed by atoms with E-state index in [1.807, 2.05) is 49.4 Å². The van der Waals surface area contributed by atoms with Crippen molar-refractivity contribution in [3.63, 3.8) is 0 Å². The molecular formula is C19H17ClN4O. The van der Waals surface area contributed by atoms with E-state index in [0.717, 1.165) is 22.6 Å². The van der Waals surface area contributed by atoms with Crippen LogP contribution in [0.15, 0.2) is 60.9 Å². The predicted octanol–water partition coefficient (Wildman–Crippen LogP) is 4.11. The molecule has 0 bridgehead atoms. The van der Waals surface area contributed by atoms with Gasteiger partial charge in [-0.05, 0) is 48.9 Å². The van der Waals surface area contributed by atoms with Crippen LogP contribution in [0.25, 0.3) is 0 Å². The molecule has 0 saturated carbocycles. The van der Waals surface area contributed by atoms with Crippen molar-refractivity contribution in [1.82, 2.24) is 15.3 Å². The highest BCUT2D eigenvalue weighted by Crippen LogP contribution is 2.25. The van der Waals surface area contributed by atoms with Crippen molar-refractivity contribution >= 4 is 28.9 Å². The Balaban J connectivity index is 1.63. The number of hydrogen-bond donors (Lipinski definition) is 2. The highest BCUT2D eigenvalue weighted by Gasteiger charge is 2.08. The SMILES string of the molecule is Cc1c(Cl)cccc1Nc1ccc(C(=O)NCc2ccccn2)nc1. The van der Waals surface area contributed by atoms with E-state index in [9.17, 15) is 4.79 Å². The van der Waals surface area contributed by atoms with Gasteiger partial charge in [-0.2, -0.15) is 0 Å². The third-order valence-electron chi connectivity index (χ3n) is 3.70. The summed E-state index contributed by atoms with van der Waals surface area (Å²) in [5.74, 6) is -0.240. The largest absolute Gasteiger partial charge is 0.354 e. The number of hydrogen-bond acceptors (Lipinski definition) is 4. The number of carbonyl (C=O) groups is 1. The van der Waals surface area contributed by atoms with Crippen molar-refractivity contribution in [2.75, 3.05) is 5.32 Å². The number of nitrogens with zero attached hydrogens (tertiary/aromatic N) is 2. The Hall–Kier alpha value is -2.92. The van der Waals surface area contributed by atoms with E-state index in [2.05, 4.69) is 20.6 Å². The minimum Gasteiger partial charge on any atom is -0.354 e. The fourth-order valence-electron chi connectivity index (χ4n) is 2.26. The molecule has 0 aliphatic carbocycles. The number of halogens is 1. The fourth-order valence-corrected chi connectivity index (χ4v) is 2.44. The standard InChI is InChI=1S/C19H17ClN4O/c1-13-16(20)6-4-7-17(13)24-15-8-9-18(22-12-15)19(25)23-11-14-5-2-3-10-21-14/h2-10,12,24H,11H2,1H3,(H,23,25). The van der Waals surface area contributed by atoms with Crippen LogP contribution in [0.3, 0.4) is 0 Å². The zero-order valence-corrected chi connectivity index (χ0v) is 14.4. The van der Waals surface area contributed by atoms with Crippen LogP contribution in [-0.2, 0) is 6.54 Å². The van der Waals surface area contributed by atoms with Gasteiger partial charge in [0.25, 0.3) is 5.91 Å². The molecule has 0 spiro atoms. The van der Waals surface area contributed by atoms with Crippen LogP contribution >= 0.6 is 11.6 Å². The summed E-state index contributed by atoms with van der Waals surface area (Å²) >= 11 is 6.12. The van der Waals surface area contributed by atoms with E-state index >= 15 is 0 Å². The molecule has 0 aliphatic heterocycles. The Kier molecular flexibility index (Phi) is 5.26. The predicted molar refractivity (Wildman–Crippen MR) is 99.1 cm³/mol. The second-order valence-electron chi connectivity index (χ2n) is 5.47. The van der Waals surface area contributed by atoms with E-state index < -0.39 is 0 Å². The smallest absolute Gasteiger partial charge is 0.270 e. The van der Waals surface area contributed by atoms with Gasteiger partial charge in [0.05, 0.1) is 24.1 Å². The quantitative estimate of drug-likeness (QED) is 0.725. The van der Waals surface area contributed by atoms with E-state index in [1.54, 1.807) is 18.5 Å². The molecule has 0 fully saturated rings. The maximum atomic E-state index is 12.1. The van der Waals surface area contributed by atoms with Crippen molar-refractivity contribution in [1.29, 1.82) is 0 Å². The number of nitrogens with one attached hydrogen (secondary N) is 2. The average Bonchev–Trinajstić information content (AvgIpc) is 2.65. The van der Waals surface area contributed by atoms with Crippen LogP contribution in [0.4, 0.5) is 11.4 Å². The van der Waals surface area contributed by atoms with E-state index in [0.29, 0.717) is 17.3 Å². The first-order valence-electron chi connectivity index (χ1n) is 7.80. The first-order chi connectivity index (χ1) is 12.1. The van der Waals surface area contributed by atoms with Crippen molar-refractivity contribution in [2.45, 2.75) is 13.5 Å². The number of rotatable bonds is 5. The van der Waals surface area contributed by atoms with Crippen LogP contribution in [0.5, 0.6) is 0 Å². The Bertz CT molecular complexity index is 866. The molecule has 6 heteroatoms. The van der Waals surface area contributed by atoms with Gasteiger partial charge in [-0.3, -0.25) is 9.78 Å². The third-order valence-corrected chi connectivity index (χ3v) is 4.11. The normalized spacial score (nSPS) is 10.3. The highest BCUT2D eigenvalue weighted by atomic mass is 35.5. The van der Waals surface area contributed by atoms with Gasteiger partial charge in [-0.25, -0.2) is 4.98 Å². The summed E-state index contributed by atoms with van der Waals surface area (Å²) < 4.78 is 0. The minimum absolute atomic E-state index is 0.240. The molecule has 3 aromatic rings. The zero-order chi connectivity index (χ0) is 17.6. The second-order valence-corrected chi connectivity index (χ2v) is 5.88. The van der Waals surface area contributed by atoms with Crippen LogP contribution in [-0.4, -0.2) is 15.9 Å². The fraction of sp³-hybridized carbons (Fsp3) is 0.105. The summed E-state index contributed by atoms with van der Waals surface area (Å²) in [4.78, 5) is 20.5. The Morgan fingerprint density at radius 2 is 1.96 bits per heavy atom. The average molecular weight is 353 g/mol. The molecule has 0 unspecified atom stereocenters. The summed E-state index contributed by atoms with van der Waals surface area (Å²) in [5, 5.41) is 6.75. The molecular weight excluding hydrogens is 336 g/mol. The molecule has 0 radical (unpaired) electrons. The Morgan fingerprint density at radius 3 is 2.68 bits per heavy atom. The molecule has 0 atom stereocenters. The molecule has 5 nitrogen and oxygen atoms in total. The van der Waals surface area contributed by atoms with Crippen molar-refractivity contribution < 1.29 is 4.79 Å². The van der Waals surface area contributed by atoms with Gasteiger partial charge in [0.2, 0.25) is 0 Å². The topological polar surface area (TPSA) is 66.9 Å². The highest BCUT2D eigenvalue weighted by molar-refractivity contribution is 6.31. The number of carbonyl (C=O) groups excluding carboxylic acids is 1. The van der Waals surface area contributed by atoms with E-state index in [1.165, 1.54) is 0 Å². The van der Waals surface area contributed by atoms with Gasteiger partial charge in [-0.1, -0.05) is 23.7 Å². The first kappa shape index (κ1) is 16.9. The number of pyridine rings is 2. The molecule has 3 rings (SSSR count). The Labute approximate surface area is 151 Å².